The Bertz CT molecular complexity index is 281. The minimum atomic E-state index is -0.260. The van der Waals surface area contributed by atoms with Crippen molar-refractivity contribution in [2.45, 2.75) is 44.8 Å². The number of ether oxygens (including phenoxy) is 2. The summed E-state index contributed by atoms with van der Waals surface area (Å²) in [5.74, 6) is 0.975. The molecule has 0 bridgehead atoms. The highest BCUT2D eigenvalue weighted by molar-refractivity contribution is 9.28. The Kier molecular flexibility index (Phi) is 5.10. The predicted molar refractivity (Wildman–Crippen MR) is 76.3 cm³/mol. The molecule has 0 aromatic carbocycles. The SMILES string of the molecule is CC1CCCC2(OCCO2)C1CCC=C(Br)Br. The largest absolute Gasteiger partial charge is 0.347 e. The maximum absolute atomic E-state index is 5.96. The molecule has 0 radical (unpaired) electrons. The van der Waals surface area contributed by atoms with Gasteiger partial charge in [0, 0.05) is 12.3 Å². The Hall–Kier alpha value is 0.620. The third kappa shape index (κ3) is 3.34. The first kappa shape index (κ1) is 14.0. The van der Waals surface area contributed by atoms with E-state index in [1.165, 1.54) is 12.8 Å². The number of rotatable bonds is 3. The zero-order chi connectivity index (χ0) is 12.3. The Morgan fingerprint density at radius 1 is 1.35 bits per heavy atom. The van der Waals surface area contributed by atoms with Crippen LogP contribution in [0.3, 0.4) is 0 Å². The van der Waals surface area contributed by atoms with Crippen molar-refractivity contribution in [3.8, 4) is 0 Å². The Morgan fingerprint density at radius 2 is 2.06 bits per heavy atom. The molecule has 1 heterocycles. The summed E-state index contributed by atoms with van der Waals surface area (Å²) in [5, 5.41) is 0. The highest BCUT2D eigenvalue weighted by Crippen LogP contribution is 2.45. The lowest BCUT2D eigenvalue weighted by Gasteiger charge is -2.43. The van der Waals surface area contributed by atoms with Gasteiger partial charge in [-0.05, 0) is 57.0 Å². The van der Waals surface area contributed by atoms with Gasteiger partial charge in [0.2, 0.25) is 0 Å². The fourth-order valence-corrected chi connectivity index (χ4v) is 3.65. The minimum Gasteiger partial charge on any atom is -0.347 e. The fraction of sp³-hybridized carbons (Fsp3) is 0.846. The average Bonchev–Trinajstić information content (AvgIpc) is 2.72. The van der Waals surface area contributed by atoms with Gasteiger partial charge in [0.25, 0.3) is 0 Å². The van der Waals surface area contributed by atoms with Crippen LogP contribution in [-0.2, 0) is 9.47 Å². The quantitative estimate of drug-likeness (QED) is 0.726. The van der Waals surface area contributed by atoms with Crippen molar-refractivity contribution in [3.63, 3.8) is 0 Å². The van der Waals surface area contributed by atoms with E-state index in [4.69, 9.17) is 9.47 Å². The van der Waals surface area contributed by atoms with Gasteiger partial charge in [-0.25, -0.2) is 0 Å². The van der Waals surface area contributed by atoms with E-state index in [1.807, 2.05) is 0 Å². The summed E-state index contributed by atoms with van der Waals surface area (Å²) < 4.78 is 12.9. The Morgan fingerprint density at radius 3 is 2.71 bits per heavy atom. The summed E-state index contributed by atoms with van der Waals surface area (Å²) in [4.78, 5) is 0. The molecule has 2 rings (SSSR count). The summed E-state index contributed by atoms with van der Waals surface area (Å²) in [6, 6.07) is 0. The molecule has 17 heavy (non-hydrogen) atoms. The Labute approximate surface area is 120 Å². The molecule has 0 aromatic heterocycles. The van der Waals surface area contributed by atoms with Crippen LogP contribution in [0.4, 0.5) is 0 Å². The van der Waals surface area contributed by atoms with E-state index >= 15 is 0 Å². The molecular formula is C13H20Br2O2. The third-order valence-electron chi connectivity index (χ3n) is 3.99. The summed E-state index contributed by atoms with van der Waals surface area (Å²) >= 11 is 6.81. The maximum atomic E-state index is 5.96. The molecule has 0 N–H and O–H groups in total. The van der Waals surface area contributed by atoms with E-state index in [9.17, 15) is 0 Å². The second kappa shape index (κ2) is 6.18. The molecule has 1 spiro atoms. The molecule has 2 atom stereocenters. The molecule has 2 nitrogen and oxygen atoms in total. The van der Waals surface area contributed by atoms with Crippen molar-refractivity contribution in [2.75, 3.05) is 13.2 Å². The average molecular weight is 368 g/mol. The van der Waals surface area contributed by atoms with Gasteiger partial charge in [-0.3, -0.25) is 0 Å². The van der Waals surface area contributed by atoms with Crippen molar-refractivity contribution >= 4 is 31.9 Å². The van der Waals surface area contributed by atoms with Crippen LogP contribution < -0.4 is 0 Å². The van der Waals surface area contributed by atoms with E-state index in [1.54, 1.807) is 0 Å². The van der Waals surface area contributed by atoms with Crippen molar-refractivity contribution in [2.24, 2.45) is 11.8 Å². The highest BCUT2D eigenvalue weighted by Gasteiger charge is 2.48. The molecule has 0 amide bonds. The molecule has 98 valence electrons. The summed E-state index contributed by atoms with van der Waals surface area (Å²) in [6.45, 7) is 3.87. The van der Waals surface area contributed by atoms with E-state index in [0.29, 0.717) is 11.8 Å². The van der Waals surface area contributed by atoms with Gasteiger partial charge in [-0.2, -0.15) is 0 Å². The van der Waals surface area contributed by atoms with Crippen LogP contribution in [-0.4, -0.2) is 19.0 Å². The van der Waals surface area contributed by atoms with Crippen LogP contribution in [0.5, 0.6) is 0 Å². The lowest BCUT2D eigenvalue weighted by Crippen LogP contribution is -2.45. The second-order valence-electron chi connectivity index (χ2n) is 5.06. The lowest BCUT2D eigenvalue weighted by molar-refractivity contribution is -0.225. The zero-order valence-corrected chi connectivity index (χ0v) is 13.4. The van der Waals surface area contributed by atoms with Crippen molar-refractivity contribution in [3.05, 3.63) is 9.47 Å². The third-order valence-corrected chi connectivity index (χ3v) is 4.64. The first-order chi connectivity index (χ1) is 8.14. The molecule has 1 saturated heterocycles. The molecule has 1 aliphatic carbocycles. The number of halogens is 2. The molecule has 1 saturated carbocycles. The van der Waals surface area contributed by atoms with Crippen molar-refractivity contribution < 1.29 is 9.47 Å². The van der Waals surface area contributed by atoms with Gasteiger partial charge in [0.15, 0.2) is 5.79 Å². The van der Waals surface area contributed by atoms with Gasteiger partial charge in [-0.1, -0.05) is 19.4 Å². The van der Waals surface area contributed by atoms with Gasteiger partial charge in [0.05, 0.1) is 16.6 Å². The van der Waals surface area contributed by atoms with Gasteiger partial charge in [-0.15, -0.1) is 0 Å². The van der Waals surface area contributed by atoms with Gasteiger partial charge < -0.3 is 9.47 Å². The monoisotopic (exact) mass is 366 g/mol. The molecule has 0 aromatic rings. The topological polar surface area (TPSA) is 18.5 Å². The van der Waals surface area contributed by atoms with E-state index < -0.39 is 0 Å². The summed E-state index contributed by atoms with van der Waals surface area (Å²) in [5.41, 5.74) is 0. The molecule has 1 aliphatic heterocycles. The lowest BCUT2D eigenvalue weighted by atomic mass is 9.73. The molecule has 2 fully saturated rings. The summed E-state index contributed by atoms with van der Waals surface area (Å²) in [6.07, 6.45) is 7.98. The number of allylic oxidation sites excluding steroid dienone is 1. The van der Waals surface area contributed by atoms with Crippen LogP contribution in [0.1, 0.15) is 39.0 Å². The molecule has 4 heteroatoms. The van der Waals surface area contributed by atoms with E-state index in [-0.39, 0.29) is 5.79 Å². The smallest absolute Gasteiger partial charge is 0.171 e. The molecular weight excluding hydrogens is 348 g/mol. The minimum absolute atomic E-state index is 0.260. The van der Waals surface area contributed by atoms with Crippen LogP contribution >= 0.6 is 31.9 Å². The first-order valence-electron chi connectivity index (χ1n) is 6.43. The molecule has 2 aliphatic rings. The van der Waals surface area contributed by atoms with Crippen LogP contribution in [0.25, 0.3) is 0 Å². The Balaban J connectivity index is 2.01. The highest BCUT2D eigenvalue weighted by atomic mass is 79.9. The van der Waals surface area contributed by atoms with Gasteiger partial charge >= 0.3 is 0 Å². The first-order valence-corrected chi connectivity index (χ1v) is 8.02. The maximum Gasteiger partial charge on any atom is 0.171 e. The number of hydrogen-bond donors (Lipinski definition) is 0. The van der Waals surface area contributed by atoms with Gasteiger partial charge in [0.1, 0.15) is 0 Å². The van der Waals surface area contributed by atoms with Crippen molar-refractivity contribution in [1.29, 1.82) is 0 Å². The fourth-order valence-electron chi connectivity index (χ4n) is 3.20. The van der Waals surface area contributed by atoms with Crippen LogP contribution in [0.2, 0.25) is 0 Å². The normalized spacial score (nSPS) is 31.7. The number of hydrogen-bond acceptors (Lipinski definition) is 2. The van der Waals surface area contributed by atoms with E-state index in [0.717, 1.165) is 35.9 Å². The summed E-state index contributed by atoms with van der Waals surface area (Å²) in [7, 11) is 0. The zero-order valence-electron chi connectivity index (χ0n) is 10.3. The standard InChI is InChI=1S/C13H20Br2O2/c1-10-4-3-7-13(16-8-9-17-13)11(10)5-2-6-12(14)15/h6,10-11H,2-5,7-9H2,1H3. The second-order valence-corrected chi connectivity index (χ2v) is 7.83. The predicted octanol–water partition coefficient (Wildman–Crippen LogP) is 4.58. The van der Waals surface area contributed by atoms with Crippen LogP contribution in [0.15, 0.2) is 9.47 Å². The van der Waals surface area contributed by atoms with E-state index in [2.05, 4.69) is 44.9 Å². The van der Waals surface area contributed by atoms with Crippen LogP contribution in [0, 0.1) is 11.8 Å². The molecule has 2 unspecified atom stereocenters. The van der Waals surface area contributed by atoms with Crippen molar-refractivity contribution in [1.82, 2.24) is 0 Å².